The molecular weight excluding hydrogens is 298 g/mol. The molecule has 2 aromatic carbocycles. The third-order valence-electron chi connectivity index (χ3n) is 3.57. The van der Waals surface area contributed by atoms with Crippen LogP contribution < -0.4 is 9.47 Å². The summed E-state index contributed by atoms with van der Waals surface area (Å²) in [7, 11) is 1.51. The summed E-state index contributed by atoms with van der Waals surface area (Å²) in [6.07, 6.45) is 1.50. The van der Waals surface area contributed by atoms with Gasteiger partial charge >= 0.3 is 0 Å². The number of ketones is 1. The van der Waals surface area contributed by atoms with Crippen LogP contribution in [0.4, 0.5) is 5.69 Å². The Kier molecular flexibility index (Phi) is 3.80. The molecule has 0 N–H and O–H groups in total. The van der Waals surface area contributed by atoms with Crippen molar-refractivity contribution in [3.8, 4) is 11.5 Å². The van der Waals surface area contributed by atoms with Gasteiger partial charge in [0.1, 0.15) is 18.1 Å². The number of hydrogen-bond donors (Lipinski definition) is 0. The van der Waals surface area contributed by atoms with E-state index in [1.54, 1.807) is 36.4 Å². The van der Waals surface area contributed by atoms with Crippen molar-refractivity contribution in [2.75, 3.05) is 13.7 Å². The van der Waals surface area contributed by atoms with E-state index in [0.717, 1.165) is 0 Å². The minimum Gasteiger partial charge on any atom is -0.497 e. The van der Waals surface area contributed by atoms with Crippen molar-refractivity contribution in [2.24, 2.45) is 0 Å². The van der Waals surface area contributed by atoms with E-state index >= 15 is 0 Å². The number of para-hydroxylation sites is 1. The molecule has 0 aromatic heterocycles. The quantitative estimate of drug-likeness (QED) is 0.494. The minimum atomic E-state index is -0.475. The van der Waals surface area contributed by atoms with Crippen LogP contribution in [0.15, 0.2) is 48.0 Å². The number of nitro groups is 1. The summed E-state index contributed by atoms with van der Waals surface area (Å²) in [6, 6.07) is 11.3. The number of methoxy groups -OCH3 is 1. The number of Topliss-reactive ketones (excluding diaryl/α,β-unsaturated/α-hetero) is 1. The monoisotopic (exact) mass is 311 g/mol. The lowest BCUT2D eigenvalue weighted by atomic mass is 9.98. The van der Waals surface area contributed by atoms with Crippen LogP contribution in [0.2, 0.25) is 0 Å². The molecule has 0 saturated carbocycles. The highest BCUT2D eigenvalue weighted by atomic mass is 16.6. The first-order valence-corrected chi connectivity index (χ1v) is 6.89. The third-order valence-corrected chi connectivity index (χ3v) is 3.57. The number of ether oxygens (including phenoxy) is 2. The van der Waals surface area contributed by atoms with Crippen molar-refractivity contribution in [1.82, 2.24) is 0 Å². The van der Waals surface area contributed by atoms with Gasteiger partial charge in [0.2, 0.25) is 0 Å². The first-order valence-electron chi connectivity index (χ1n) is 6.89. The fourth-order valence-electron chi connectivity index (χ4n) is 2.40. The molecular formula is C17H13NO5. The summed E-state index contributed by atoms with van der Waals surface area (Å²) in [4.78, 5) is 23.2. The van der Waals surface area contributed by atoms with Gasteiger partial charge in [0.25, 0.3) is 5.69 Å². The van der Waals surface area contributed by atoms with Gasteiger partial charge in [0.15, 0.2) is 5.78 Å². The van der Waals surface area contributed by atoms with E-state index in [0.29, 0.717) is 28.2 Å². The van der Waals surface area contributed by atoms with Crippen LogP contribution in [0, 0.1) is 10.1 Å². The van der Waals surface area contributed by atoms with Gasteiger partial charge in [-0.2, -0.15) is 0 Å². The Hall–Kier alpha value is -3.15. The van der Waals surface area contributed by atoms with Gasteiger partial charge in [-0.15, -0.1) is 0 Å². The molecule has 0 fully saturated rings. The number of nitro benzene ring substituents is 1. The molecule has 2 aromatic rings. The number of fused-ring (bicyclic) bond motifs is 1. The van der Waals surface area contributed by atoms with Gasteiger partial charge in [-0.25, -0.2) is 0 Å². The fraction of sp³-hybridized carbons (Fsp3) is 0.118. The first kappa shape index (κ1) is 14.8. The van der Waals surface area contributed by atoms with Gasteiger partial charge in [-0.05, 0) is 30.3 Å². The second kappa shape index (κ2) is 5.92. The largest absolute Gasteiger partial charge is 0.497 e. The molecule has 116 valence electrons. The second-order valence-corrected chi connectivity index (χ2v) is 4.97. The van der Waals surface area contributed by atoms with Gasteiger partial charge < -0.3 is 9.47 Å². The lowest BCUT2D eigenvalue weighted by Crippen LogP contribution is -2.19. The van der Waals surface area contributed by atoms with Gasteiger partial charge in [0.05, 0.1) is 23.2 Å². The average molecular weight is 311 g/mol. The highest BCUT2D eigenvalue weighted by molar-refractivity contribution is 6.14. The maximum absolute atomic E-state index is 12.6. The van der Waals surface area contributed by atoms with Crippen LogP contribution in [0.3, 0.4) is 0 Å². The number of rotatable bonds is 3. The molecule has 6 heteroatoms. The zero-order valence-electron chi connectivity index (χ0n) is 12.3. The third kappa shape index (κ3) is 2.78. The van der Waals surface area contributed by atoms with Crippen molar-refractivity contribution in [2.45, 2.75) is 0 Å². The molecule has 0 saturated heterocycles. The van der Waals surface area contributed by atoms with Crippen molar-refractivity contribution in [3.63, 3.8) is 0 Å². The van der Waals surface area contributed by atoms with Crippen LogP contribution in [0.5, 0.6) is 11.5 Å². The molecule has 0 bridgehead atoms. The number of carbonyl (C=O) groups is 1. The van der Waals surface area contributed by atoms with E-state index < -0.39 is 4.92 Å². The number of carbonyl (C=O) groups excluding carboxylic acids is 1. The SMILES string of the molecule is COc1ccc2c(c1)C(=O)/C(=C/c1ccccc1[N+](=O)[O-])CO2. The summed E-state index contributed by atoms with van der Waals surface area (Å²) in [5, 5.41) is 11.1. The Morgan fingerprint density at radius 2 is 2.04 bits per heavy atom. The smallest absolute Gasteiger partial charge is 0.276 e. The molecule has 1 heterocycles. The average Bonchev–Trinajstić information content (AvgIpc) is 2.57. The summed E-state index contributed by atoms with van der Waals surface area (Å²) in [5.41, 5.74) is 1.07. The normalized spacial score (nSPS) is 15.0. The van der Waals surface area contributed by atoms with Gasteiger partial charge in [-0.3, -0.25) is 14.9 Å². The summed E-state index contributed by atoms with van der Waals surface area (Å²) in [6.45, 7) is 0.0736. The highest BCUT2D eigenvalue weighted by Gasteiger charge is 2.25. The van der Waals surface area contributed by atoms with Crippen molar-refractivity contribution >= 4 is 17.5 Å². The molecule has 0 atom stereocenters. The maximum Gasteiger partial charge on any atom is 0.276 e. The van der Waals surface area contributed by atoms with E-state index in [1.165, 1.54) is 19.3 Å². The molecule has 3 rings (SSSR count). The predicted octanol–water partition coefficient (Wildman–Crippen LogP) is 3.26. The minimum absolute atomic E-state index is 0.0516. The molecule has 23 heavy (non-hydrogen) atoms. The predicted molar refractivity (Wildman–Crippen MR) is 83.9 cm³/mol. The van der Waals surface area contributed by atoms with Crippen molar-refractivity contribution in [3.05, 3.63) is 69.3 Å². The zero-order chi connectivity index (χ0) is 16.4. The zero-order valence-corrected chi connectivity index (χ0v) is 12.3. The van der Waals surface area contributed by atoms with Crippen LogP contribution in [-0.2, 0) is 0 Å². The van der Waals surface area contributed by atoms with E-state index in [4.69, 9.17) is 9.47 Å². The maximum atomic E-state index is 12.6. The van der Waals surface area contributed by atoms with E-state index in [2.05, 4.69) is 0 Å². The lowest BCUT2D eigenvalue weighted by Gasteiger charge is -2.19. The Balaban J connectivity index is 2.02. The van der Waals surface area contributed by atoms with Crippen molar-refractivity contribution < 1.29 is 19.2 Å². The van der Waals surface area contributed by atoms with Crippen LogP contribution >= 0.6 is 0 Å². The topological polar surface area (TPSA) is 78.7 Å². The standard InChI is InChI=1S/C17H13NO5/c1-22-13-6-7-16-14(9-13)17(19)12(10-23-16)8-11-4-2-3-5-15(11)18(20)21/h2-9H,10H2,1H3/b12-8+. The molecule has 0 spiro atoms. The first-order chi connectivity index (χ1) is 11.1. The second-order valence-electron chi connectivity index (χ2n) is 4.97. The van der Waals surface area contributed by atoms with Crippen molar-refractivity contribution in [1.29, 1.82) is 0 Å². The Morgan fingerprint density at radius 1 is 1.26 bits per heavy atom. The molecule has 0 aliphatic carbocycles. The van der Waals surface area contributed by atoms with Gasteiger partial charge in [-0.1, -0.05) is 12.1 Å². The fourth-order valence-corrected chi connectivity index (χ4v) is 2.40. The molecule has 1 aliphatic rings. The van der Waals surface area contributed by atoms with E-state index in [-0.39, 0.29) is 18.1 Å². The molecule has 1 aliphatic heterocycles. The molecule has 0 unspecified atom stereocenters. The van der Waals surface area contributed by atoms with Gasteiger partial charge in [0, 0.05) is 11.6 Å². The summed E-state index contributed by atoms with van der Waals surface area (Å²) < 4.78 is 10.7. The Labute approximate surface area is 132 Å². The molecule has 0 amide bonds. The van der Waals surface area contributed by atoms with E-state index in [9.17, 15) is 14.9 Å². The van der Waals surface area contributed by atoms with E-state index in [1.807, 2.05) is 0 Å². The highest BCUT2D eigenvalue weighted by Crippen LogP contribution is 2.32. The Morgan fingerprint density at radius 3 is 2.78 bits per heavy atom. The summed E-state index contributed by atoms with van der Waals surface area (Å²) >= 11 is 0. The number of hydrogen-bond acceptors (Lipinski definition) is 5. The Bertz CT molecular complexity index is 825. The van der Waals surface area contributed by atoms with Crippen LogP contribution in [0.25, 0.3) is 6.08 Å². The summed E-state index contributed by atoms with van der Waals surface area (Å²) in [5.74, 6) is 0.812. The van der Waals surface area contributed by atoms with Crippen LogP contribution in [0.1, 0.15) is 15.9 Å². The molecule has 6 nitrogen and oxygen atoms in total. The molecule has 0 radical (unpaired) electrons. The number of benzene rings is 2. The number of nitrogens with zero attached hydrogens (tertiary/aromatic N) is 1. The lowest BCUT2D eigenvalue weighted by molar-refractivity contribution is -0.385. The van der Waals surface area contributed by atoms with Crippen LogP contribution in [-0.4, -0.2) is 24.4 Å².